The molecule has 1 aromatic rings. The molecule has 4 unspecified atom stereocenters. The van der Waals surface area contributed by atoms with Crippen molar-refractivity contribution in [2.24, 2.45) is 11.7 Å². The lowest BCUT2D eigenvalue weighted by Gasteiger charge is -2.29. The Morgan fingerprint density at radius 1 is 1.27 bits per heavy atom. The van der Waals surface area contributed by atoms with Gasteiger partial charge in [-0.2, -0.15) is 0 Å². The molecule has 0 aromatic heterocycles. The summed E-state index contributed by atoms with van der Waals surface area (Å²) >= 11 is 0. The smallest absolute Gasteiger partial charge is 0.119 e. The number of β-amino-alcohol motifs (C(OH)–C–C–N with tert-alkyl or cyclic N) is 1. The Balaban J connectivity index is 1.58. The van der Waals surface area contributed by atoms with E-state index in [1.807, 2.05) is 24.3 Å². The standard InChI is InChI=1S/C17H26N2O3/c18-8-12-1-4-16(5-2-12)22-17-6-3-14-7-13(17)9-19(14)10-15(21)11-20/h1-2,4-5,13-15,17,20-21H,3,6-11,18H2. The van der Waals surface area contributed by atoms with Gasteiger partial charge in [0.1, 0.15) is 11.9 Å². The second-order valence-electron chi connectivity index (χ2n) is 6.52. The minimum Gasteiger partial charge on any atom is -0.490 e. The summed E-state index contributed by atoms with van der Waals surface area (Å²) in [4.78, 5) is 2.31. The van der Waals surface area contributed by atoms with Crippen molar-refractivity contribution in [1.29, 1.82) is 0 Å². The van der Waals surface area contributed by atoms with E-state index in [1.165, 1.54) is 0 Å². The van der Waals surface area contributed by atoms with Crippen LogP contribution in [0.25, 0.3) is 0 Å². The first-order valence-corrected chi connectivity index (χ1v) is 8.18. The topological polar surface area (TPSA) is 79.0 Å². The van der Waals surface area contributed by atoms with Crippen LogP contribution in [0.4, 0.5) is 0 Å². The van der Waals surface area contributed by atoms with E-state index in [4.69, 9.17) is 15.6 Å². The lowest BCUT2D eigenvalue weighted by molar-refractivity contribution is 0.0546. The Labute approximate surface area is 131 Å². The van der Waals surface area contributed by atoms with Gasteiger partial charge in [0.25, 0.3) is 0 Å². The summed E-state index contributed by atoms with van der Waals surface area (Å²) in [5.41, 5.74) is 6.73. The van der Waals surface area contributed by atoms with Crippen LogP contribution in [0.5, 0.6) is 5.75 Å². The van der Waals surface area contributed by atoms with E-state index in [9.17, 15) is 5.11 Å². The van der Waals surface area contributed by atoms with E-state index in [0.717, 1.165) is 37.1 Å². The maximum atomic E-state index is 9.66. The number of fused-ring (bicyclic) bond motifs is 2. The number of benzene rings is 1. The molecular formula is C17H26N2O3. The van der Waals surface area contributed by atoms with Crippen molar-refractivity contribution < 1.29 is 14.9 Å². The fourth-order valence-electron chi connectivity index (χ4n) is 3.77. The highest BCUT2D eigenvalue weighted by Crippen LogP contribution is 2.37. The molecule has 1 heterocycles. The zero-order valence-corrected chi connectivity index (χ0v) is 12.9. The summed E-state index contributed by atoms with van der Waals surface area (Å²) in [6.45, 7) is 1.90. The quantitative estimate of drug-likeness (QED) is 0.722. The summed E-state index contributed by atoms with van der Waals surface area (Å²) in [5, 5.41) is 18.7. The van der Waals surface area contributed by atoms with Gasteiger partial charge in [0.05, 0.1) is 12.7 Å². The molecule has 4 N–H and O–H groups in total. The summed E-state index contributed by atoms with van der Waals surface area (Å²) < 4.78 is 6.19. The second kappa shape index (κ2) is 6.96. The van der Waals surface area contributed by atoms with E-state index in [2.05, 4.69) is 4.90 Å². The molecule has 122 valence electrons. The molecule has 0 spiro atoms. The minimum atomic E-state index is -0.637. The molecule has 0 radical (unpaired) electrons. The highest BCUT2D eigenvalue weighted by molar-refractivity contribution is 5.27. The number of nitrogens with zero attached hydrogens (tertiary/aromatic N) is 1. The van der Waals surface area contributed by atoms with Crippen LogP contribution >= 0.6 is 0 Å². The largest absolute Gasteiger partial charge is 0.490 e. The second-order valence-corrected chi connectivity index (χ2v) is 6.52. The summed E-state index contributed by atoms with van der Waals surface area (Å²) in [6.07, 6.45) is 2.89. The number of hydrogen-bond acceptors (Lipinski definition) is 5. The van der Waals surface area contributed by atoms with Crippen molar-refractivity contribution >= 4 is 0 Å². The Morgan fingerprint density at radius 3 is 2.73 bits per heavy atom. The molecule has 0 amide bonds. The molecular weight excluding hydrogens is 280 g/mol. The Morgan fingerprint density at radius 2 is 2.05 bits per heavy atom. The van der Waals surface area contributed by atoms with Gasteiger partial charge in [-0.1, -0.05) is 12.1 Å². The normalized spacial score (nSPS) is 29.5. The molecule has 2 aliphatic rings. The van der Waals surface area contributed by atoms with Crippen molar-refractivity contribution in [3.8, 4) is 5.75 Å². The molecule has 5 nitrogen and oxygen atoms in total. The molecule has 2 bridgehead atoms. The lowest BCUT2D eigenvalue weighted by atomic mass is 9.87. The maximum Gasteiger partial charge on any atom is 0.119 e. The fraction of sp³-hybridized carbons (Fsp3) is 0.647. The van der Waals surface area contributed by atoms with Crippen LogP contribution in [0.3, 0.4) is 0 Å². The van der Waals surface area contributed by atoms with Crippen LogP contribution in [-0.4, -0.2) is 53.1 Å². The lowest BCUT2D eigenvalue weighted by Crippen LogP contribution is -2.37. The van der Waals surface area contributed by atoms with Crippen molar-refractivity contribution in [2.45, 2.75) is 44.1 Å². The number of rotatable bonds is 6. The number of hydrogen-bond donors (Lipinski definition) is 3. The van der Waals surface area contributed by atoms with Crippen LogP contribution in [0.1, 0.15) is 24.8 Å². The molecule has 1 aliphatic carbocycles. The molecule has 1 saturated carbocycles. The molecule has 4 atom stereocenters. The molecule has 2 fully saturated rings. The molecule has 3 rings (SSSR count). The van der Waals surface area contributed by atoms with Crippen molar-refractivity contribution in [3.05, 3.63) is 29.8 Å². The van der Waals surface area contributed by atoms with E-state index in [1.54, 1.807) is 0 Å². The summed E-state index contributed by atoms with van der Waals surface area (Å²) in [7, 11) is 0. The van der Waals surface area contributed by atoms with Gasteiger partial charge in [-0.3, -0.25) is 4.90 Å². The van der Waals surface area contributed by atoms with Crippen molar-refractivity contribution in [2.75, 3.05) is 19.7 Å². The SMILES string of the molecule is NCc1ccc(OC2CCC3CC2CN3CC(O)CO)cc1. The van der Waals surface area contributed by atoms with E-state index >= 15 is 0 Å². The van der Waals surface area contributed by atoms with Crippen LogP contribution in [0.2, 0.25) is 0 Å². The third-order valence-electron chi connectivity index (χ3n) is 4.97. The number of nitrogens with two attached hydrogens (primary N) is 1. The van der Waals surface area contributed by atoms with E-state index < -0.39 is 6.10 Å². The van der Waals surface area contributed by atoms with Gasteiger partial charge in [0.2, 0.25) is 0 Å². The zero-order chi connectivity index (χ0) is 15.5. The van der Waals surface area contributed by atoms with Gasteiger partial charge < -0.3 is 20.7 Å². The monoisotopic (exact) mass is 306 g/mol. The predicted molar refractivity (Wildman–Crippen MR) is 84.5 cm³/mol. The minimum absolute atomic E-state index is 0.165. The van der Waals surface area contributed by atoms with Crippen LogP contribution in [0.15, 0.2) is 24.3 Å². The van der Waals surface area contributed by atoms with Crippen molar-refractivity contribution in [1.82, 2.24) is 4.90 Å². The van der Waals surface area contributed by atoms with Crippen molar-refractivity contribution in [3.63, 3.8) is 0 Å². The van der Waals surface area contributed by atoms with E-state index in [0.29, 0.717) is 25.0 Å². The number of ether oxygens (including phenoxy) is 1. The van der Waals surface area contributed by atoms with Gasteiger partial charge in [-0.15, -0.1) is 0 Å². The third-order valence-corrected chi connectivity index (χ3v) is 4.97. The number of aliphatic hydroxyl groups excluding tert-OH is 2. The van der Waals surface area contributed by atoms with Crippen LogP contribution in [-0.2, 0) is 6.54 Å². The molecule has 1 aliphatic heterocycles. The molecule has 5 heteroatoms. The first-order valence-electron chi connectivity index (χ1n) is 8.18. The maximum absolute atomic E-state index is 9.66. The average Bonchev–Trinajstić information content (AvgIpc) is 2.87. The first-order chi connectivity index (χ1) is 10.7. The van der Waals surface area contributed by atoms with Gasteiger partial charge >= 0.3 is 0 Å². The summed E-state index contributed by atoms with van der Waals surface area (Å²) in [6, 6.07) is 8.55. The Bertz CT molecular complexity index is 479. The fourth-order valence-corrected chi connectivity index (χ4v) is 3.77. The predicted octanol–water partition coefficient (Wildman–Crippen LogP) is 0.730. The highest BCUT2D eigenvalue weighted by Gasteiger charge is 2.42. The van der Waals surface area contributed by atoms with E-state index in [-0.39, 0.29) is 12.7 Å². The summed E-state index contributed by atoms with van der Waals surface area (Å²) in [5.74, 6) is 1.42. The third kappa shape index (κ3) is 3.43. The van der Waals surface area contributed by atoms with Gasteiger partial charge in [-0.05, 0) is 37.0 Å². The zero-order valence-electron chi connectivity index (χ0n) is 12.9. The molecule has 1 aromatic carbocycles. The Kier molecular flexibility index (Phi) is 4.98. The van der Waals surface area contributed by atoms with Gasteiger partial charge in [-0.25, -0.2) is 0 Å². The number of aliphatic hydroxyl groups is 2. The van der Waals surface area contributed by atoms with Crippen LogP contribution in [0, 0.1) is 5.92 Å². The molecule has 1 saturated heterocycles. The van der Waals surface area contributed by atoms with Gasteiger partial charge in [0, 0.05) is 31.6 Å². The first kappa shape index (κ1) is 15.7. The Hall–Kier alpha value is -1.14. The molecule has 22 heavy (non-hydrogen) atoms. The average molecular weight is 306 g/mol. The van der Waals surface area contributed by atoms with Crippen LogP contribution < -0.4 is 10.5 Å². The number of likely N-dealkylation sites (tertiary alicyclic amines) is 1. The highest BCUT2D eigenvalue weighted by atomic mass is 16.5. The van der Waals surface area contributed by atoms with Gasteiger partial charge in [0.15, 0.2) is 0 Å².